The van der Waals surface area contributed by atoms with Crippen molar-refractivity contribution in [2.24, 2.45) is 11.8 Å². The van der Waals surface area contributed by atoms with Crippen LogP contribution in [0.15, 0.2) is 18.2 Å². The van der Waals surface area contributed by atoms with Gasteiger partial charge in [-0.15, -0.1) is 0 Å². The first kappa shape index (κ1) is 16.2. The fourth-order valence-electron chi connectivity index (χ4n) is 3.30. The molecule has 0 aromatic heterocycles. The van der Waals surface area contributed by atoms with Gasteiger partial charge in [-0.05, 0) is 55.8 Å². The van der Waals surface area contributed by atoms with Crippen LogP contribution in [0.5, 0.6) is 11.5 Å². The van der Waals surface area contributed by atoms with E-state index in [2.05, 4.69) is 12.2 Å². The molecule has 2 unspecified atom stereocenters. The molecule has 0 radical (unpaired) electrons. The molecule has 2 rings (SSSR count). The van der Waals surface area contributed by atoms with Gasteiger partial charge >= 0.3 is 0 Å². The van der Waals surface area contributed by atoms with Crippen molar-refractivity contribution in [3.05, 3.63) is 23.8 Å². The van der Waals surface area contributed by atoms with Gasteiger partial charge in [-0.1, -0.05) is 32.3 Å². The predicted octanol–water partition coefficient (Wildman–Crippen LogP) is 4.10. The highest BCUT2D eigenvalue weighted by atomic mass is 16.5. The van der Waals surface area contributed by atoms with Gasteiger partial charge in [-0.2, -0.15) is 0 Å². The molecule has 2 N–H and O–H groups in total. The van der Waals surface area contributed by atoms with Crippen molar-refractivity contribution in [3.8, 4) is 11.5 Å². The Morgan fingerprint density at radius 3 is 2.95 bits per heavy atom. The van der Waals surface area contributed by atoms with E-state index in [4.69, 9.17) is 4.74 Å². The van der Waals surface area contributed by atoms with Crippen molar-refractivity contribution in [3.63, 3.8) is 0 Å². The summed E-state index contributed by atoms with van der Waals surface area (Å²) in [4.78, 5) is 0. The first-order chi connectivity index (χ1) is 10.2. The summed E-state index contributed by atoms with van der Waals surface area (Å²) >= 11 is 0. The van der Waals surface area contributed by atoms with Gasteiger partial charge in [0.05, 0.1) is 6.61 Å². The molecule has 3 nitrogen and oxygen atoms in total. The number of phenols is 1. The van der Waals surface area contributed by atoms with E-state index in [-0.39, 0.29) is 5.75 Å². The molecule has 1 aromatic rings. The summed E-state index contributed by atoms with van der Waals surface area (Å²) in [5.74, 6) is 2.62. The van der Waals surface area contributed by atoms with Gasteiger partial charge in [0.1, 0.15) is 0 Å². The van der Waals surface area contributed by atoms with E-state index in [1.807, 2.05) is 19.1 Å². The molecule has 0 saturated heterocycles. The van der Waals surface area contributed by atoms with Crippen molar-refractivity contribution >= 4 is 0 Å². The van der Waals surface area contributed by atoms with Crippen molar-refractivity contribution in [1.82, 2.24) is 5.32 Å². The molecule has 1 fully saturated rings. The normalized spacial score (nSPS) is 22.2. The number of hydrogen-bond donors (Lipinski definition) is 2. The molecular formula is C18H29NO2. The van der Waals surface area contributed by atoms with Crippen LogP contribution >= 0.6 is 0 Å². The molecule has 0 bridgehead atoms. The molecule has 3 heteroatoms. The molecule has 0 aliphatic heterocycles. The Bertz CT molecular complexity index is 433. The van der Waals surface area contributed by atoms with Gasteiger partial charge in [0, 0.05) is 6.54 Å². The van der Waals surface area contributed by atoms with Crippen molar-refractivity contribution in [1.29, 1.82) is 0 Å². The molecule has 1 aliphatic carbocycles. The highest BCUT2D eigenvalue weighted by Gasteiger charge is 2.18. The lowest BCUT2D eigenvalue weighted by molar-refractivity contribution is 0.267. The average Bonchev–Trinajstić information content (AvgIpc) is 2.47. The van der Waals surface area contributed by atoms with E-state index in [1.54, 1.807) is 6.07 Å². The fraction of sp³-hybridized carbons (Fsp3) is 0.667. The van der Waals surface area contributed by atoms with Crippen LogP contribution in [-0.2, 0) is 6.54 Å². The topological polar surface area (TPSA) is 41.5 Å². The molecule has 2 atom stereocenters. The van der Waals surface area contributed by atoms with Crippen LogP contribution < -0.4 is 10.1 Å². The zero-order valence-electron chi connectivity index (χ0n) is 13.4. The van der Waals surface area contributed by atoms with Gasteiger partial charge in [-0.25, -0.2) is 0 Å². The number of hydrogen-bond acceptors (Lipinski definition) is 3. The average molecular weight is 291 g/mol. The summed E-state index contributed by atoms with van der Waals surface area (Å²) < 4.78 is 5.41. The summed E-state index contributed by atoms with van der Waals surface area (Å²) in [6.45, 7) is 6.79. The third kappa shape index (κ3) is 5.24. The monoisotopic (exact) mass is 291 g/mol. The lowest BCUT2D eigenvalue weighted by atomic mass is 9.81. The Morgan fingerprint density at radius 1 is 1.33 bits per heavy atom. The van der Waals surface area contributed by atoms with Gasteiger partial charge in [0.2, 0.25) is 0 Å². The van der Waals surface area contributed by atoms with Crippen molar-refractivity contribution in [2.45, 2.75) is 52.5 Å². The largest absolute Gasteiger partial charge is 0.504 e. The number of rotatable bonds is 7. The standard InChI is InChI=1S/C18H29NO2/c1-3-21-18-12-16(7-8-17(18)20)13-19-10-9-15-6-4-5-14(2)11-15/h7-8,12,14-15,19-20H,3-6,9-11,13H2,1-2H3. The Hall–Kier alpha value is -1.22. The second-order valence-electron chi connectivity index (χ2n) is 6.34. The minimum atomic E-state index is 0.219. The Morgan fingerprint density at radius 2 is 2.19 bits per heavy atom. The summed E-state index contributed by atoms with van der Waals surface area (Å²) in [6, 6.07) is 5.59. The van der Waals surface area contributed by atoms with Crippen LogP contribution in [0.2, 0.25) is 0 Å². The third-order valence-corrected chi connectivity index (χ3v) is 4.43. The van der Waals surface area contributed by atoms with Crippen molar-refractivity contribution < 1.29 is 9.84 Å². The number of nitrogens with one attached hydrogen (secondary N) is 1. The summed E-state index contributed by atoms with van der Waals surface area (Å²) in [6.07, 6.45) is 6.90. The van der Waals surface area contributed by atoms with Gasteiger partial charge < -0.3 is 15.2 Å². The molecule has 0 spiro atoms. The van der Waals surface area contributed by atoms with Crippen LogP contribution in [0.25, 0.3) is 0 Å². The summed E-state index contributed by atoms with van der Waals surface area (Å²) in [5, 5.41) is 13.2. The van der Waals surface area contributed by atoms with E-state index < -0.39 is 0 Å². The number of benzene rings is 1. The summed E-state index contributed by atoms with van der Waals surface area (Å²) in [7, 11) is 0. The molecule has 1 aromatic carbocycles. The molecular weight excluding hydrogens is 262 g/mol. The third-order valence-electron chi connectivity index (χ3n) is 4.43. The van der Waals surface area contributed by atoms with Crippen LogP contribution in [-0.4, -0.2) is 18.3 Å². The lowest BCUT2D eigenvalue weighted by Gasteiger charge is -2.26. The first-order valence-electron chi connectivity index (χ1n) is 8.34. The molecule has 118 valence electrons. The molecule has 21 heavy (non-hydrogen) atoms. The van der Waals surface area contributed by atoms with Crippen LogP contribution in [0.1, 0.15) is 51.5 Å². The Labute approximate surface area is 128 Å². The number of aromatic hydroxyl groups is 1. The maximum absolute atomic E-state index is 9.69. The molecule has 0 heterocycles. The molecule has 1 saturated carbocycles. The highest BCUT2D eigenvalue weighted by Crippen LogP contribution is 2.30. The SMILES string of the molecule is CCOc1cc(CNCCC2CCCC(C)C2)ccc1O. The predicted molar refractivity (Wildman–Crippen MR) is 86.7 cm³/mol. The van der Waals surface area contributed by atoms with E-state index in [9.17, 15) is 5.11 Å². The van der Waals surface area contributed by atoms with Gasteiger partial charge in [0.25, 0.3) is 0 Å². The van der Waals surface area contributed by atoms with Crippen LogP contribution in [0, 0.1) is 11.8 Å². The van der Waals surface area contributed by atoms with Gasteiger partial charge in [-0.3, -0.25) is 0 Å². The maximum atomic E-state index is 9.69. The second-order valence-corrected chi connectivity index (χ2v) is 6.34. The van der Waals surface area contributed by atoms with Crippen molar-refractivity contribution in [2.75, 3.05) is 13.2 Å². The lowest BCUT2D eigenvalue weighted by Crippen LogP contribution is -2.21. The van der Waals surface area contributed by atoms with Gasteiger partial charge in [0.15, 0.2) is 11.5 Å². The Kier molecular flexibility index (Phi) is 6.37. The number of phenolic OH excluding ortho intramolecular Hbond substituents is 1. The quantitative estimate of drug-likeness (QED) is 0.743. The van der Waals surface area contributed by atoms with Crippen LogP contribution in [0.4, 0.5) is 0 Å². The minimum absolute atomic E-state index is 0.219. The number of ether oxygens (including phenoxy) is 1. The summed E-state index contributed by atoms with van der Waals surface area (Å²) in [5.41, 5.74) is 1.16. The second kappa shape index (κ2) is 8.28. The smallest absolute Gasteiger partial charge is 0.161 e. The first-order valence-corrected chi connectivity index (χ1v) is 8.34. The Balaban J connectivity index is 1.72. The maximum Gasteiger partial charge on any atom is 0.161 e. The highest BCUT2D eigenvalue weighted by molar-refractivity contribution is 5.41. The molecule has 1 aliphatic rings. The molecule has 0 amide bonds. The minimum Gasteiger partial charge on any atom is -0.504 e. The van der Waals surface area contributed by atoms with E-state index >= 15 is 0 Å². The van der Waals surface area contributed by atoms with E-state index in [0.717, 1.165) is 30.5 Å². The zero-order chi connectivity index (χ0) is 15.1. The van der Waals surface area contributed by atoms with E-state index in [1.165, 1.54) is 32.1 Å². The zero-order valence-corrected chi connectivity index (χ0v) is 13.4. The fourth-order valence-corrected chi connectivity index (χ4v) is 3.30. The van der Waals surface area contributed by atoms with Crippen LogP contribution in [0.3, 0.4) is 0 Å². The van der Waals surface area contributed by atoms with E-state index in [0.29, 0.717) is 12.4 Å².